The first-order valence-corrected chi connectivity index (χ1v) is 11.5. The van der Waals surface area contributed by atoms with Crippen LogP contribution in [-0.2, 0) is 4.79 Å². The van der Waals surface area contributed by atoms with Gasteiger partial charge in [0.05, 0.1) is 10.9 Å². The molecule has 172 valence electrons. The fourth-order valence-corrected chi connectivity index (χ4v) is 4.26. The van der Waals surface area contributed by atoms with Gasteiger partial charge in [0.15, 0.2) is 11.7 Å². The molecule has 1 amide bonds. The van der Waals surface area contributed by atoms with Crippen LogP contribution < -0.4 is 10.6 Å². The van der Waals surface area contributed by atoms with Crippen LogP contribution in [0.25, 0.3) is 28.4 Å². The van der Waals surface area contributed by atoms with Gasteiger partial charge < -0.3 is 0 Å². The molecular weight excluding hydrogens is 448 g/mol. The van der Waals surface area contributed by atoms with Gasteiger partial charge in [-0.25, -0.2) is 9.98 Å². The number of benzene rings is 4. The molecule has 0 spiro atoms. The van der Waals surface area contributed by atoms with Crippen molar-refractivity contribution in [3.8, 4) is 11.4 Å². The summed E-state index contributed by atoms with van der Waals surface area (Å²) in [5.74, 6) is 0.311. The molecule has 0 fully saturated rings. The molecule has 1 aliphatic rings. The van der Waals surface area contributed by atoms with Gasteiger partial charge in [0.1, 0.15) is 5.70 Å². The zero-order chi connectivity index (χ0) is 24.5. The molecule has 0 unspecified atom stereocenters. The normalized spacial score (nSPS) is 14.4. The van der Waals surface area contributed by atoms with Crippen molar-refractivity contribution in [2.75, 3.05) is 5.01 Å². The first-order valence-electron chi connectivity index (χ1n) is 11.5. The molecule has 0 atom stereocenters. The lowest BCUT2D eigenvalue weighted by molar-refractivity contribution is -0.115. The maximum Gasteiger partial charge on any atom is 0.297 e. The van der Waals surface area contributed by atoms with Crippen LogP contribution in [-0.4, -0.2) is 21.4 Å². The van der Waals surface area contributed by atoms with E-state index in [0.717, 1.165) is 5.56 Å². The summed E-state index contributed by atoms with van der Waals surface area (Å²) in [6, 6.07) is 35.4. The van der Waals surface area contributed by atoms with Crippen LogP contribution >= 0.6 is 0 Å². The molecule has 0 aliphatic carbocycles. The molecule has 1 aromatic heterocycles. The third kappa shape index (κ3) is 3.71. The Morgan fingerprint density at radius 3 is 1.92 bits per heavy atom. The maximum atomic E-state index is 14.0. The average molecular weight is 469 g/mol. The molecule has 6 rings (SSSR count). The molecular formula is C30H20N4O2. The minimum Gasteiger partial charge on any atom is -0.267 e. The Bertz CT molecular complexity index is 1710. The van der Waals surface area contributed by atoms with E-state index in [1.165, 1.54) is 9.69 Å². The number of hydrogen-bond donors (Lipinski definition) is 0. The number of aliphatic imine (C=N–C) groups is 1. The van der Waals surface area contributed by atoms with Gasteiger partial charge in [0.25, 0.3) is 11.5 Å². The van der Waals surface area contributed by atoms with Crippen molar-refractivity contribution in [2.24, 2.45) is 4.99 Å². The average Bonchev–Trinajstić information content (AvgIpc) is 3.25. The van der Waals surface area contributed by atoms with Crippen molar-refractivity contribution < 1.29 is 4.79 Å². The van der Waals surface area contributed by atoms with Gasteiger partial charge >= 0.3 is 0 Å². The number of hydrogen-bond acceptors (Lipinski definition) is 4. The molecule has 6 nitrogen and oxygen atoms in total. The number of carbonyl (C=O) groups is 1. The van der Waals surface area contributed by atoms with Crippen molar-refractivity contribution >= 4 is 28.7 Å². The van der Waals surface area contributed by atoms with Gasteiger partial charge in [0, 0.05) is 11.1 Å². The first kappa shape index (κ1) is 21.4. The standard InChI is InChI=1S/C30H20N4O2/c35-29-24-18-10-11-19-25(24)31-27(22-14-6-2-7-15-22)33(29)34-28(23-16-8-3-9-17-23)32-26(30(34)36)20-21-12-4-1-5-13-21/h1-20H/b26-20-. The molecule has 0 N–H and O–H groups in total. The summed E-state index contributed by atoms with van der Waals surface area (Å²) in [5.41, 5.74) is 2.70. The zero-order valence-electron chi connectivity index (χ0n) is 19.2. The minimum atomic E-state index is -0.408. The molecule has 0 saturated heterocycles. The third-order valence-electron chi connectivity index (χ3n) is 5.96. The second-order valence-corrected chi connectivity index (χ2v) is 8.29. The Labute approximate surface area is 207 Å². The summed E-state index contributed by atoms with van der Waals surface area (Å²) < 4.78 is 1.34. The Hall–Kier alpha value is -5.10. The van der Waals surface area contributed by atoms with Crippen molar-refractivity contribution in [2.45, 2.75) is 0 Å². The number of aromatic nitrogens is 2. The summed E-state index contributed by atoms with van der Waals surface area (Å²) in [6.45, 7) is 0. The van der Waals surface area contributed by atoms with Crippen LogP contribution in [0.3, 0.4) is 0 Å². The van der Waals surface area contributed by atoms with E-state index >= 15 is 0 Å². The van der Waals surface area contributed by atoms with Crippen LogP contribution in [0, 0.1) is 0 Å². The third-order valence-corrected chi connectivity index (χ3v) is 5.96. The molecule has 0 radical (unpaired) electrons. The van der Waals surface area contributed by atoms with E-state index in [4.69, 9.17) is 9.98 Å². The van der Waals surface area contributed by atoms with Crippen molar-refractivity contribution in [3.63, 3.8) is 0 Å². The first-order chi connectivity index (χ1) is 17.7. The monoisotopic (exact) mass is 468 g/mol. The van der Waals surface area contributed by atoms with Gasteiger partial charge in [-0.05, 0) is 23.8 Å². The molecule has 0 saturated carbocycles. The lowest BCUT2D eigenvalue weighted by Crippen LogP contribution is -2.49. The fourth-order valence-electron chi connectivity index (χ4n) is 4.26. The molecule has 1 aliphatic heterocycles. The smallest absolute Gasteiger partial charge is 0.267 e. The second kappa shape index (κ2) is 8.92. The highest BCUT2D eigenvalue weighted by atomic mass is 16.2. The second-order valence-electron chi connectivity index (χ2n) is 8.29. The lowest BCUT2D eigenvalue weighted by Gasteiger charge is -2.23. The van der Waals surface area contributed by atoms with Crippen LogP contribution in [0.2, 0.25) is 0 Å². The largest absolute Gasteiger partial charge is 0.297 e. The lowest BCUT2D eigenvalue weighted by atomic mass is 10.2. The molecule has 6 heteroatoms. The molecule has 4 aromatic carbocycles. The van der Waals surface area contributed by atoms with E-state index in [-0.39, 0.29) is 11.3 Å². The van der Waals surface area contributed by atoms with E-state index in [1.54, 1.807) is 24.3 Å². The van der Waals surface area contributed by atoms with Crippen molar-refractivity contribution in [3.05, 3.63) is 142 Å². The number of amides is 1. The maximum absolute atomic E-state index is 14.0. The number of carbonyl (C=O) groups excluding carboxylic acids is 1. The van der Waals surface area contributed by atoms with Crippen molar-refractivity contribution in [1.82, 2.24) is 9.66 Å². The quantitative estimate of drug-likeness (QED) is 0.348. The predicted molar refractivity (Wildman–Crippen MR) is 142 cm³/mol. The summed E-state index contributed by atoms with van der Waals surface area (Å²) in [6.07, 6.45) is 1.73. The van der Waals surface area contributed by atoms with E-state index in [2.05, 4.69) is 0 Å². The number of amidine groups is 1. The van der Waals surface area contributed by atoms with Gasteiger partial charge in [-0.1, -0.05) is 103 Å². The van der Waals surface area contributed by atoms with Crippen LogP contribution in [0.15, 0.2) is 131 Å². The number of rotatable bonds is 4. The minimum absolute atomic E-state index is 0.235. The van der Waals surface area contributed by atoms with E-state index in [1.807, 2.05) is 97.1 Å². The van der Waals surface area contributed by atoms with Gasteiger partial charge in [-0.2, -0.15) is 9.69 Å². The number of fused-ring (bicyclic) bond motifs is 1. The number of para-hydroxylation sites is 1. The molecule has 0 bridgehead atoms. The highest BCUT2D eigenvalue weighted by molar-refractivity contribution is 6.29. The molecule has 5 aromatic rings. The van der Waals surface area contributed by atoms with Gasteiger partial charge in [0.2, 0.25) is 0 Å². The highest BCUT2D eigenvalue weighted by Crippen LogP contribution is 2.25. The van der Waals surface area contributed by atoms with E-state index < -0.39 is 5.91 Å². The van der Waals surface area contributed by atoms with E-state index in [9.17, 15) is 9.59 Å². The van der Waals surface area contributed by atoms with E-state index in [0.29, 0.717) is 33.7 Å². The Morgan fingerprint density at radius 2 is 1.22 bits per heavy atom. The summed E-state index contributed by atoms with van der Waals surface area (Å²) in [7, 11) is 0. The van der Waals surface area contributed by atoms with Crippen LogP contribution in [0.4, 0.5) is 0 Å². The fraction of sp³-hybridized carbons (Fsp3) is 0. The SMILES string of the molecule is O=C1/C(=C/c2ccccc2)N=C(c2ccccc2)N1n1c(-c2ccccc2)nc2ccccc2c1=O. The van der Waals surface area contributed by atoms with Crippen molar-refractivity contribution in [1.29, 1.82) is 0 Å². The highest BCUT2D eigenvalue weighted by Gasteiger charge is 2.35. The van der Waals surface area contributed by atoms with Gasteiger partial charge in [-0.3, -0.25) is 9.59 Å². The summed E-state index contributed by atoms with van der Waals surface area (Å²) >= 11 is 0. The Balaban J connectivity index is 1.64. The van der Waals surface area contributed by atoms with Crippen LogP contribution in [0.1, 0.15) is 11.1 Å². The molecule has 2 heterocycles. The topological polar surface area (TPSA) is 67.6 Å². The Morgan fingerprint density at radius 1 is 0.639 bits per heavy atom. The zero-order valence-corrected chi connectivity index (χ0v) is 19.2. The van der Waals surface area contributed by atoms with Crippen LogP contribution in [0.5, 0.6) is 0 Å². The van der Waals surface area contributed by atoms with Gasteiger partial charge in [-0.15, -0.1) is 0 Å². The Kier molecular flexibility index (Phi) is 5.31. The molecule has 36 heavy (non-hydrogen) atoms. The number of nitrogens with zero attached hydrogens (tertiary/aromatic N) is 4. The summed E-state index contributed by atoms with van der Waals surface area (Å²) in [4.78, 5) is 37.4. The predicted octanol–water partition coefficient (Wildman–Crippen LogP) is 5.03. The summed E-state index contributed by atoms with van der Waals surface area (Å²) in [5, 5.41) is 1.76.